The largest absolute Gasteiger partial charge is 0.336 e. The maximum atomic E-state index is 12.6. The van der Waals surface area contributed by atoms with Gasteiger partial charge in [0.25, 0.3) is 11.7 Å². The number of carbonyl (C=O) groups is 3. The molecule has 2 aliphatic rings. The lowest BCUT2D eigenvalue weighted by molar-refractivity contribution is -0.131. The lowest BCUT2D eigenvalue weighted by atomic mass is 10.00. The molecule has 4 rings (SSSR count). The first-order valence-electron chi connectivity index (χ1n) is 7.95. The van der Waals surface area contributed by atoms with Crippen molar-refractivity contribution in [3.8, 4) is 0 Å². The molecule has 0 aromatic heterocycles. The first kappa shape index (κ1) is 14.6. The highest BCUT2D eigenvalue weighted by Crippen LogP contribution is 2.28. The van der Waals surface area contributed by atoms with E-state index in [0.717, 1.165) is 12.0 Å². The van der Waals surface area contributed by atoms with E-state index in [-0.39, 0.29) is 12.5 Å². The van der Waals surface area contributed by atoms with Crippen LogP contribution in [0.1, 0.15) is 21.5 Å². The molecule has 0 unspecified atom stereocenters. The first-order chi connectivity index (χ1) is 11.6. The van der Waals surface area contributed by atoms with E-state index in [0.29, 0.717) is 24.3 Å². The summed E-state index contributed by atoms with van der Waals surface area (Å²) >= 11 is 0. The topological polar surface area (TPSA) is 57.7 Å². The highest BCUT2D eigenvalue weighted by molar-refractivity contribution is 6.52. The SMILES string of the molecule is O=C1C(=O)N(CC(=O)N2CCc3ccccc3C2)c2ccccc21. The van der Waals surface area contributed by atoms with E-state index in [1.807, 2.05) is 18.2 Å². The van der Waals surface area contributed by atoms with Gasteiger partial charge < -0.3 is 4.90 Å². The molecule has 0 spiro atoms. The molecule has 120 valence electrons. The van der Waals surface area contributed by atoms with E-state index in [1.54, 1.807) is 29.2 Å². The second-order valence-electron chi connectivity index (χ2n) is 6.07. The Hall–Kier alpha value is -2.95. The number of rotatable bonds is 2. The highest BCUT2D eigenvalue weighted by Gasteiger charge is 2.37. The van der Waals surface area contributed by atoms with Crippen LogP contribution in [-0.4, -0.2) is 35.6 Å². The van der Waals surface area contributed by atoms with Gasteiger partial charge in [0.2, 0.25) is 5.91 Å². The number of para-hydroxylation sites is 1. The fourth-order valence-electron chi connectivity index (χ4n) is 3.35. The summed E-state index contributed by atoms with van der Waals surface area (Å²) in [6.45, 7) is 1.09. The quantitative estimate of drug-likeness (QED) is 0.793. The lowest BCUT2D eigenvalue weighted by Gasteiger charge is -2.30. The standard InChI is InChI=1S/C19H16N2O3/c22-17(20-10-9-13-5-1-2-6-14(13)11-20)12-21-16-8-4-3-7-15(16)18(23)19(21)24/h1-8H,9-12H2. The van der Waals surface area contributed by atoms with Gasteiger partial charge in [-0.15, -0.1) is 0 Å². The minimum atomic E-state index is -0.623. The zero-order chi connectivity index (χ0) is 16.7. The molecule has 0 radical (unpaired) electrons. The van der Waals surface area contributed by atoms with Crippen molar-refractivity contribution in [2.24, 2.45) is 0 Å². The van der Waals surface area contributed by atoms with Gasteiger partial charge in [-0.05, 0) is 29.7 Å². The van der Waals surface area contributed by atoms with Crippen LogP contribution < -0.4 is 4.90 Å². The van der Waals surface area contributed by atoms with Crippen LogP contribution in [0.5, 0.6) is 0 Å². The Kier molecular flexibility index (Phi) is 3.41. The van der Waals surface area contributed by atoms with Crippen LogP contribution in [0, 0.1) is 0 Å². The molecule has 0 fully saturated rings. The summed E-state index contributed by atoms with van der Waals surface area (Å²) in [5, 5.41) is 0. The second-order valence-corrected chi connectivity index (χ2v) is 6.07. The van der Waals surface area contributed by atoms with Gasteiger partial charge in [-0.1, -0.05) is 36.4 Å². The smallest absolute Gasteiger partial charge is 0.299 e. The zero-order valence-corrected chi connectivity index (χ0v) is 13.1. The number of hydrogen-bond donors (Lipinski definition) is 0. The summed E-state index contributed by atoms with van der Waals surface area (Å²) in [6, 6.07) is 14.9. The van der Waals surface area contributed by atoms with Crippen molar-refractivity contribution in [3.05, 3.63) is 65.2 Å². The third-order valence-corrected chi connectivity index (χ3v) is 4.66. The molecule has 0 aliphatic carbocycles. The first-order valence-corrected chi connectivity index (χ1v) is 7.95. The number of ketones is 1. The molecule has 2 amide bonds. The highest BCUT2D eigenvalue weighted by atomic mass is 16.2. The number of amides is 2. The summed E-state index contributed by atoms with van der Waals surface area (Å²) in [5.74, 6) is -1.30. The van der Waals surface area contributed by atoms with Crippen molar-refractivity contribution in [2.75, 3.05) is 18.0 Å². The summed E-state index contributed by atoms with van der Waals surface area (Å²) < 4.78 is 0. The van der Waals surface area contributed by atoms with Gasteiger partial charge in [0.15, 0.2) is 0 Å². The summed E-state index contributed by atoms with van der Waals surface area (Å²) in [7, 11) is 0. The van der Waals surface area contributed by atoms with Gasteiger partial charge in [0.05, 0.1) is 11.3 Å². The van der Waals surface area contributed by atoms with Gasteiger partial charge in [0, 0.05) is 13.1 Å². The maximum Gasteiger partial charge on any atom is 0.299 e. The van der Waals surface area contributed by atoms with Crippen molar-refractivity contribution < 1.29 is 14.4 Å². The Morgan fingerprint density at radius 2 is 1.67 bits per heavy atom. The minimum absolute atomic E-state index is 0.0935. The normalized spacial score (nSPS) is 16.2. The number of carbonyl (C=O) groups excluding carboxylic acids is 3. The second kappa shape index (κ2) is 5.60. The molecule has 0 N–H and O–H groups in total. The van der Waals surface area contributed by atoms with Gasteiger partial charge in [-0.25, -0.2) is 0 Å². The Bertz CT molecular complexity index is 859. The molecular formula is C19H16N2O3. The number of fused-ring (bicyclic) bond motifs is 2. The van der Waals surface area contributed by atoms with Gasteiger partial charge in [-0.2, -0.15) is 0 Å². The number of hydrogen-bond acceptors (Lipinski definition) is 3. The fourth-order valence-corrected chi connectivity index (χ4v) is 3.35. The van der Waals surface area contributed by atoms with Crippen molar-refractivity contribution in [2.45, 2.75) is 13.0 Å². The maximum absolute atomic E-state index is 12.6. The van der Waals surface area contributed by atoms with Crippen LogP contribution in [0.2, 0.25) is 0 Å². The van der Waals surface area contributed by atoms with Crippen LogP contribution >= 0.6 is 0 Å². The molecule has 5 heteroatoms. The molecule has 5 nitrogen and oxygen atoms in total. The predicted octanol–water partition coefficient (Wildman–Crippen LogP) is 1.80. The average molecular weight is 320 g/mol. The molecule has 0 saturated heterocycles. The van der Waals surface area contributed by atoms with Crippen LogP contribution in [0.3, 0.4) is 0 Å². The van der Waals surface area contributed by atoms with Gasteiger partial charge in [-0.3, -0.25) is 19.3 Å². The van der Waals surface area contributed by atoms with E-state index in [4.69, 9.17) is 0 Å². The molecule has 24 heavy (non-hydrogen) atoms. The number of benzene rings is 2. The molecule has 0 saturated carbocycles. The fraction of sp³-hybridized carbons (Fsp3) is 0.211. The van der Waals surface area contributed by atoms with E-state index >= 15 is 0 Å². The monoisotopic (exact) mass is 320 g/mol. The molecule has 2 aromatic carbocycles. The molecule has 2 aromatic rings. The third kappa shape index (κ3) is 2.29. The summed E-state index contributed by atoms with van der Waals surface area (Å²) in [4.78, 5) is 39.9. The van der Waals surface area contributed by atoms with Gasteiger partial charge in [0.1, 0.15) is 6.54 Å². The molecule has 2 aliphatic heterocycles. The lowest BCUT2D eigenvalue weighted by Crippen LogP contribution is -2.44. The number of Topliss-reactive ketones (excluding diaryl/α,β-unsaturated/α-hetero) is 1. The van der Waals surface area contributed by atoms with E-state index < -0.39 is 11.7 Å². The Morgan fingerprint density at radius 3 is 2.50 bits per heavy atom. The van der Waals surface area contributed by atoms with E-state index in [9.17, 15) is 14.4 Å². The van der Waals surface area contributed by atoms with Crippen molar-refractivity contribution in [1.29, 1.82) is 0 Å². The Balaban J connectivity index is 1.53. The summed E-state index contributed by atoms with van der Waals surface area (Å²) in [6.07, 6.45) is 0.811. The Morgan fingerprint density at radius 1 is 0.958 bits per heavy atom. The van der Waals surface area contributed by atoms with Gasteiger partial charge >= 0.3 is 0 Å². The average Bonchev–Trinajstić information content (AvgIpc) is 2.86. The third-order valence-electron chi connectivity index (χ3n) is 4.66. The summed E-state index contributed by atoms with van der Waals surface area (Å²) in [5.41, 5.74) is 3.30. The molecule has 0 atom stereocenters. The van der Waals surface area contributed by atoms with Crippen molar-refractivity contribution >= 4 is 23.3 Å². The Labute approximate surface area is 139 Å². The van der Waals surface area contributed by atoms with Crippen LogP contribution in [0.4, 0.5) is 5.69 Å². The molecule has 2 heterocycles. The molecular weight excluding hydrogens is 304 g/mol. The molecule has 0 bridgehead atoms. The minimum Gasteiger partial charge on any atom is -0.336 e. The van der Waals surface area contributed by atoms with Crippen LogP contribution in [-0.2, 0) is 22.6 Å². The van der Waals surface area contributed by atoms with E-state index in [2.05, 4.69) is 6.07 Å². The number of anilines is 1. The van der Waals surface area contributed by atoms with Crippen LogP contribution in [0.25, 0.3) is 0 Å². The zero-order valence-electron chi connectivity index (χ0n) is 13.1. The van der Waals surface area contributed by atoms with Crippen LogP contribution in [0.15, 0.2) is 48.5 Å². The van der Waals surface area contributed by atoms with Crippen molar-refractivity contribution in [1.82, 2.24) is 4.90 Å². The number of nitrogens with zero attached hydrogens (tertiary/aromatic N) is 2. The predicted molar refractivity (Wildman–Crippen MR) is 88.7 cm³/mol. The van der Waals surface area contributed by atoms with E-state index in [1.165, 1.54) is 10.5 Å². The van der Waals surface area contributed by atoms with Crippen molar-refractivity contribution in [3.63, 3.8) is 0 Å².